The lowest BCUT2D eigenvalue weighted by atomic mass is 9.99. The molecule has 8 nitrogen and oxygen atoms in total. The van der Waals surface area contributed by atoms with Crippen molar-refractivity contribution in [2.45, 2.75) is 37.1 Å². The van der Waals surface area contributed by atoms with Crippen molar-refractivity contribution in [2.75, 3.05) is 13.4 Å². The van der Waals surface area contributed by atoms with Crippen molar-refractivity contribution in [3.8, 4) is 17.2 Å². The molecule has 2 aliphatic heterocycles. The molecule has 0 saturated carbocycles. The number of aliphatic hydroxyl groups excluding tert-OH is 4. The third-order valence-corrected chi connectivity index (χ3v) is 4.90. The van der Waals surface area contributed by atoms with Crippen LogP contribution in [-0.4, -0.2) is 64.5 Å². The minimum absolute atomic E-state index is 0.204. The van der Waals surface area contributed by atoms with E-state index in [1.54, 1.807) is 12.1 Å². The van der Waals surface area contributed by atoms with Crippen molar-refractivity contribution in [2.24, 2.45) is 0 Å². The molecule has 1 saturated heterocycles. The van der Waals surface area contributed by atoms with Gasteiger partial charge < -0.3 is 39.4 Å². The molecule has 4 rings (SSSR count). The second kappa shape index (κ2) is 7.94. The van der Waals surface area contributed by atoms with Gasteiger partial charge in [-0.25, -0.2) is 0 Å². The van der Waals surface area contributed by atoms with Crippen molar-refractivity contribution >= 4 is 0 Å². The van der Waals surface area contributed by atoms with Crippen LogP contribution in [0.3, 0.4) is 0 Å². The highest BCUT2D eigenvalue weighted by Gasteiger charge is 2.44. The van der Waals surface area contributed by atoms with Gasteiger partial charge >= 0.3 is 0 Å². The molecule has 0 unspecified atom stereocenters. The molecule has 0 aliphatic carbocycles. The van der Waals surface area contributed by atoms with Gasteiger partial charge in [0.15, 0.2) is 11.5 Å². The molecule has 0 aromatic heterocycles. The number of hydrogen-bond donors (Lipinski definition) is 4. The summed E-state index contributed by atoms with van der Waals surface area (Å²) >= 11 is 0. The molecular formula is C20H22O8. The van der Waals surface area contributed by atoms with Crippen molar-refractivity contribution in [3.05, 3.63) is 53.6 Å². The Morgan fingerprint density at radius 1 is 0.929 bits per heavy atom. The number of ether oxygens (including phenoxy) is 4. The standard InChI is InChI=1S/C20H22O8/c21-9-16-17(22)18(23)19(24)20(28-16)27-13-4-2-1-3-12(13)7-11-5-6-14-15(8-11)26-10-25-14/h1-6,8,16-24H,7,9-10H2/t16-,17-,18+,19-,20-/m1/s1. The largest absolute Gasteiger partial charge is 0.462 e. The fourth-order valence-corrected chi connectivity index (χ4v) is 3.33. The maximum Gasteiger partial charge on any atom is 0.231 e. The van der Waals surface area contributed by atoms with E-state index in [2.05, 4.69) is 0 Å². The Hall–Kier alpha value is -2.36. The summed E-state index contributed by atoms with van der Waals surface area (Å²) in [6.45, 7) is -0.306. The number of benzene rings is 2. The quantitative estimate of drug-likeness (QED) is 0.571. The predicted molar refractivity (Wildman–Crippen MR) is 96.2 cm³/mol. The van der Waals surface area contributed by atoms with Crippen molar-refractivity contribution in [1.29, 1.82) is 0 Å². The first-order valence-corrected chi connectivity index (χ1v) is 9.00. The van der Waals surface area contributed by atoms with E-state index in [0.717, 1.165) is 11.1 Å². The minimum atomic E-state index is -1.49. The highest BCUT2D eigenvalue weighted by molar-refractivity contribution is 5.47. The van der Waals surface area contributed by atoms with Crippen molar-refractivity contribution in [1.82, 2.24) is 0 Å². The van der Waals surface area contributed by atoms with Crippen LogP contribution in [0.15, 0.2) is 42.5 Å². The normalized spacial score (nSPS) is 28.9. The van der Waals surface area contributed by atoms with E-state index in [0.29, 0.717) is 23.7 Å². The number of fused-ring (bicyclic) bond motifs is 1. The first kappa shape index (κ1) is 19.0. The van der Waals surface area contributed by atoms with Crippen LogP contribution in [0.1, 0.15) is 11.1 Å². The molecule has 28 heavy (non-hydrogen) atoms. The first-order valence-electron chi connectivity index (χ1n) is 9.00. The maximum atomic E-state index is 10.2. The summed E-state index contributed by atoms with van der Waals surface area (Å²) in [5.41, 5.74) is 1.81. The van der Waals surface area contributed by atoms with E-state index in [4.69, 9.17) is 18.9 Å². The van der Waals surface area contributed by atoms with Gasteiger partial charge in [-0.1, -0.05) is 24.3 Å². The second-order valence-electron chi connectivity index (χ2n) is 6.79. The van der Waals surface area contributed by atoms with Crippen molar-refractivity contribution < 1.29 is 39.4 Å². The summed E-state index contributed by atoms with van der Waals surface area (Å²) in [6, 6.07) is 12.9. The summed E-state index contributed by atoms with van der Waals surface area (Å²) < 4.78 is 22.0. The molecular weight excluding hydrogens is 368 g/mol. The summed E-state index contributed by atoms with van der Waals surface area (Å²) in [7, 11) is 0. The summed E-state index contributed by atoms with van der Waals surface area (Å²) in [6.07, 6.45) is -6.10. The first-order chi connectivity index (χ1) is 13.6. The van der Waals surface area contributed by atoms with Gasteiger partial charge in [0, 0.05) is 6.42 Å². The Balaban J connectivity index is 1.53. The lowest BCUT2D eigenvalue weighted by Crippen LogP contribution is -2.60. The number of rotatable bonds is 5. The number of para-hydroxylation sites is 1. The van der Waals surface area contributed by atoms with Gasteiger partial charge in [0.25, 0.3) is 0 Å². The highest BCUT2D eigenvalue weighted by atomic mass is 16.7. The zero-order valence-corrected chi connectivity index (χ0v) is 15.0. The van der Waals surface area contributed by atoms with Gasteiger partial charge in [0.1, 0.15) is 30.2 Å². The Labute approximate surface area is 161 Å². The number of hydrogen-bond acceptors (Lipinski definition) is 8. The van der Waals surface area contributed by atoms with Crippen LogP contribution in [0.2, 0.25) is 0 Å². The monoisotopic (exact) mass is 390 g/mol. The molecule has 2 aliphatic rings. The predicted octanol–water partition coefficient (Wildman–Crippen LogP) is 0.185. The Bertz CT molecular complexity index is 824. The Kier molecular flexibility index (Phi) is 5.38. The molecule has 150 valence electrons. The maximum absolute atomic E-state index is 10.2. The molecule has 4 N–H and O–H groups in total. The molecule has 2 heterocycles. The highest BCUT2D eigenvalue weighted by Crippen LogP contribution is 2.34. The zero-order valence-electron chi connectivity index (χ0n) is 15.0. The Morgan fingerprint density at radius 3 is 2.54 bits per heavy atom. The van der Waals surface area contributed by atoms with Gasteiger partial charge in [-0.2, -0.15) is 0 Å². The average Bonchev–Trinajstić information content (AvgIpc) is 3.17. The van der Waals surface area contributed by atoms with Crippen LogP contribution in [0, 0.1) is 0 Å². The fourth-order valence-electron chi connectivity index (χ4n) is 3.33. The molecule has 0 radical (unpaired) electrons. The lowest BCUT2D eigenvalue weighted by molar-refractivity contribution is -0.277. The van der Waals surface area contributed by atoms with Gasteiger partial charge in [0.2, 0.25) is 13.1 Å². The molecule has 2 aromatic carbocycles. The van der Waals surface area contributed by atoms with E-state index in [-0.39, 0.29) is 6.79 Å². The molecule has 5 atom stereocenters. The lowest BCUT2D eigenvalue weighted by Gasteiger charge is -2.39. The van der Waals surface area contributed by atoms with Gasteiger partial charge in [-0.3, -0.25) is 0 Å². The average molecular weight is 390 g/mol. The summed E-state index contributed by atoms with van der Waals surface area (Å²) in [5, 5.41) is 39.4. The van der Waals surface area contributed by atoms with Crippen LogP contribution in [0.25, 0.3) is 0 Å². The van der Waals surface area contributed by atoms with E-state index < -0.39 is 37.3 Å². The van der Waals surface area contributed by atoms with Crippen LogP contribution in [0.5, 0.6) is 17.2 Å². The fraction of sp³-hybridized carbons (Fsp3) is 0.400. The second-order valence-corrected chi connectivity index (χ2v) is 6.79. The van der Waals surface area contributed by atoms with E-state index in [1.807, 2.05) is 30.3 Å². The smallest absolute Gasteiger partial charge is 0.231 e. The van der Waals surface area contributed by atoms with Crippen LogP contribution in [-0.2, 0) is 11.2 Å². The summed E-state index contributed by atoms with van der Waals surface area (Å²) in [4.78, 5) is 0. The van der Waals surface area contributed by atoms with Gasteiger partial charge in [-0.05, 0) is 29.3 Å². The van der Waals surface area contributed by atoms with E-state index in [1.165, 1.54) is 0 Å². The van der Waals surface area contributed by atoms with Crippen LogP contribution >= 0.6 is 0 Å². The molecule has 0 amide bonds. The van der Waals surface area contributed by atoms with Gasteiger partial charge in [-0.15, -0.1) is 0 Å². The SMILES string of the molecule is OC[C@H]1O[C@@H](Oc2ccccc2Cc2ccc3c(c2)OCO3)[C@H](O)[C@@H](O)[C@@H]1O. The molecule has 8 heteroatoms. The molecule has 2 aromatic rings. The minimum Gasteiger partial charge on any atom is -0.462 e. The molecule has 0 bridgehead atoms. The van der Waals surface area contributed by atoms with Gasteiger partial charge in [0.05, 0.1) is 6.61 Å². The van der Waals surface area contributed by atoms with Crippen LogP contribution < -0.4 is 14.2 Å². The van der Waals surface area contributed by atoms with E-state index in [9.17, 15) is 20.4 Å². The zero-order chi connectivity index (χ0) is 19.7. The van der Waals surface area contributed by atoms with E-state index >= 15 is 0 Å². The van der Waals surface area contributed by atoms with Crippen molar-refractivity contribution in [3.63, 3.8) is 0 Å². The number of aliphatic hydroxyl groups is 4. The molecule has 0 spiro atoms. The summed E-state index contributed by atoms with van der Waals surface area (Å²) in [5.74, 6) is 1.85. The van der Waals surface area contributed by atoms with Crippen LogP contribution in [0.4, 0.5) is 0 Å². The molecule has 1 fully saturated rings. The topological polar surface area (TPSA) is 118 Å². The third kappa shape index (κ3) is 3.65. The Morgan fingerprint density at radius 2 is 1.71 bits per heavy atom. The third-order valence-electron chi connectivity index (χ3n) is 4.90.